The topological polar surface area (TPSA) is 87.4 Å². The van der Waals surface area contributed by atoms with Gasteiger partial charge in [-0.2, -0.15) is 0 Å². The quantitative estimate of drug-likeness (QED) is 0.160. The lowest BCUT2D eigenvalue weighted by molar-refractivity contribution is 0.669. The number of furan rings is 1. The summed E-state index contributed by atoms with van der Waals surface area (Å²) in [5, 5.41) is 2.04. The van der Waals surface area contributed by atoms with Crippen LogP contribution in [0.2, 0.25) is 0 Å². The highest BCUT2D eigenvalue weighted by Crippen LogP contribution is 2.38. The molecule has 61 heavy (non-hydrogen) atoms. The van der Waals surface area contributed by atoms with Gasteiger partial charge in [-0.3, -0.25) is 9.13 Å². The average molecular weight is 784 g/mol. The van der Waals surface area contributed by atoms with Crippen molar-refractivity contribution in [3.8, 4) is 68.3 Å². The first kappa shape index (κ1) is 34.5. The zero-order chi connectivity index (χ0) is 40.3. The van der Waals surface area contributed by atoms with E-state index < -0.39 is 0 Å². The minimum Gasteiger partial charge on any atom is -0.455 e. The predicted molar refractivity (Wildman–Crippen MR) is 244 cm³/mol. The van der Waals surface area contributed by atoms with Crippen molar-refractivity contribution in [1.82, 2.24) is 34.1 Å². The van der Waals surface area contributed by atoms with Crippen LogP contribution in [0.1, 0.15) is 0 Å². The highest BCUT2D eigenvalue weighted by molar-refractivity contribution is 6.09. The normalized spacial score (nSPS) is 11.6. The number of fused-ring (bicyclic) bond motifs is 5. The van der Waals surface area contributed by atoms with Gasteiger partial charge in [-0.25, -0.2) is 24.9 Å². The molecule has 4 heterocycles. The van der Waals surface area contributed by atoms with Gasteiger partial charge in [0.1, 0.15) is 22.8 Å². The van der Waals surface area contributed by atoms with Crippen LogP contribution in [0.25, 0.3) is 112 Å². The van der Waals surface area contributed by atoms with Crippen LogP contribution >= 0.6 is 0 Å². The molecule has 12 rings (SSSR count). The van der Waals surface area contributed by atoms with Crippen molar-refractivity contribution >= 4 is 44.0 Å². The molecule has 0 saturated heterocycles. The summed E-state index contributed by atoms with van der Waals surface area (Å²) in [6.45, 7) is 0. The summed E-state index contributed by atoms with van der Waals surface area (Å²) in [5.74, 6) is 3.25. The Hall–Kier alpha value is -8.49. The van der Waals surface area contributed by atoms with E-state index in [4.69, 9.17) is 29.3 Å². The summed E-state index contributed by atoms with van der Waals surface area (Å²) in [7, 11) is 0. The minimum absolute atomic E-state index is 0.504. The summed E-state index contributed by atoms with van der Waals surface area (Å²) in [6, 6.07) is 67.9. The van der Waals surface area contributed by atoms with Gasteiger partial charge in [0.05, 0.1) is 27.6 Å². The molecule has 286 valence electrons. The fourth-order valence-electron chi connectivity index (χ4n) is 8.36. The molecule has 8 heteroatoms. The van der Waals surface area contributed by atoms with Gasteiger partial charge in [-0.15, -0.1) is 0 Å². The van der Waals surface area contributed by atoms with Crippen LogP contribution in [0.3, 0.4) is 0 Å². The Labute approximate surface area is 349 Å². The molecule has 0 bridgehead atoms. The van der Waals surface area contributed by atoms with Gasteiger partial charge in [0.2, 0.25) is 0 Å². The van der Waals surface area contributed by atoms with Gasteiger partial charge < -0.3 is 4.42 Å². The second-order valence-electron chi connectivity index (χ2n) is 14.9. The largest absolute Gasteiger partial charge is 0.455 e. The smallest absolute Gasteiger partial charge is 0.167 e. The SMILES string of the molecule is c1ccc(-c2nc3cc(-c4nc(-c5ccc6c(c5)nc(-c5ccccc5)n6-c5ccccc5)nc(-c5cccc6c5oc5ccccc56)n4)ccc3n2-c2ccccc2)cc1. The molecule has 0 N–H and O–H groups in total. The molecule has 0 unspecified atom stereocenters. The molecule has 0 fully saturated rings. The molecule has 4 aromatic heterocycles. The zero-order valence-electron chi connectivity index (χ0n) is 32.6. The molecular formula is C53H33N7O. The molecule has 12 aromatic rings. The van der Waals surface area contributed by atoms with Gasteiger partial charge in [0.15, 0.2) is 17.5 Å². The summed E-state index contributed by atoms with van der Waals surface area (Å²) < 4.78 is 10.9. The highest BCUT2D eigenvalue weighted by Gasteiger charge is 2.21. The molecule has 0 saturated carbocycles. The van der Waals surface area contributed by atoms with Crippen molar-refractivity contribution < 1.29 is 4.42 Å². The van der Waals surface area contributed by atoms with E-state index in [1.165, 1.54) is 0 Å². The lowest BCUT2D eigenvalue weighted by Crippen LogP contribution is -2.01. The first-order valence-corrected chi connectivity index (χ1v) is 20.2. The number of nitrogens with zero attached hydrogens (tertiary/aromatic N) is 7. The number of aromatic nitrogens is 7. The average Bonchev–Trinajstić information content (AvgIpc) is 4.04. The Kier molecular flexibility index (Phi) is 7.99. The standard InChI is InChI=1S/C53H33N7O/c1-5-16-34(17-6-1)52-54-43-32-36(28-30-45(43)59(52)38-20-9-3-10-21-38)49-56-50(58-51(57-49)42-26-15-25-41-40-24-13-14-27-47(40)61-48(41)42)37-29-31-46-44(33-37)55-53(35-18-7-2-8-19-35)60(46)39-22-11-4-12-23-39/h1-33H. The fraction of sp³-hybridized carbons (Fsp3) is 0. The van der Waals surface area contributed by atoms with Gasteiger partial charge in [0.25, 0.3) is 0 Å². The maximum absolute atomic E-state index is 6.52. The number of benzene rings is 8. The van der Waals surface area contributed by atoms with E-state index in [1.54, 1.807) is 0 Å². The first-order chi connectivity index (χ1) is 30.2. The van der Waals surface area contributed by atoms with Crippen LogP contribution in [0, 0.1) is 0 Å². The van der Waals surface area contributed by atoms with Crippen molar-refractivity contribution in [2.75, 3.05) is 0 Å². The van der Waals surface area contributed by atoms with Crippen molar-refractivity contribution in [3.05, 3.63) is 200 Å². The summed E-state index contributed by atoms with van der Waals surface area (Å²) in [6.07, 6.45) is 0. The molecule has 0 aliphatic rings. The van der Waals surface area contributed by atoms with Gasteiger partial charge in [-0.05, 0) is 72.8 Å². The molecule has 8 aromatic carbocycles. The Bertz CT molecular complexity index is 3400. The van der Waals surface area contributed by atoms with E-state index in [2.05, 4.69) is 106 Å². The number of hydrogen-bond acceptors (Lipinski definition) is 6. The van der Waals surface area contributed by atoms with E-state index in [-0.39, 0.29) is 0 Å². The molecule has 0 amide bonds. The number of imidazole rings is 2. The second kappa shape index (κ2) is 14.1. The van der Waals surface area contributed by atoms with Crippen LogP contribution < -0.4 is 0 Å². The Balaban J connectivity index is 1.07. The molecule has 0 radical (unpaired) electrons. The number of rotatable bonds is 7. The maximum Gasteiger partial charge on any atom is 0.167 e. The van der Waals surface area contributed by atoms with Crippen LogP contribution in [-0.4, -0.2) is 34.1 Å². The van der Waals surface area contributed by atoms with Crippen molar-refractivity contribution in [1.29, 1.82) is 0 Å². The minimum atomic E-state index is 0.504. The fourth-order valence-corrected chi connectivity index (χ4v) is 8.36. The Morgan fingerprint density at radius 2 is 0.803 bits per heavy atom. The first-order valence-electron chi connectivity index (χ1n) is 20.2. The van der Waals surface area contributed by atoms with E-state index in [0.29, 0.717) is 17.5 Å². The van der Waals surface area contributed by atoms with Crippen LogP contribution in [0.4, 0.5) is 0 Å². The Morgan fingerprint density at radius 1 is 0.344 bits per heavy atom. The van der Waals surface area contributed by atoms with Crippen molar-refractivity contribution in [3.63, 3.8) is 0 Å². The van der Waals surface area contributed by atoms with Crippen LogP contribution in [0.5, 0.6) is 0 Å². The van der Waals surface area contributed by atoms with E-state index in [1.807, 2.05) is 103 Å². The molecule has 8 nitrogen and oxygen atoms in total. The monoisotopic (exact) mass is 783 g/mol. The third-order valence-electron chi connectivity index (χ3n) is 11.2. The molecule has 0 spiro atoms. The molecule has 0 aliphatic heterocycles. The lowest BCUT2D eigenvalue weighted by Gasteiger charge is -2.11. The van der Waals surface area contributed by atoms with Gasteiger partial charge in [-0.1, -0.05) is 127 Å². The maximum atomic E-state index is 6.52. The van der Waals surface area contributed by atoms with Crippen molar-refractivity contribution in [2.45, 2.75) is 0 Å². The van der Waals surface area contributed by atoms with E-state index in [9.17, 15) is 0 Å². The van der Waals surface area contributed by atoms with Gasteiger partial charge >= 0.3 is 0 Å². The Morgan fingerprint density at radius 3 is 1.34 bits per heavy atom. The summed E-state index contributed by atoms with van der Waals surface area (Å²) in [5.41, 5.74) is 11.6. The van der Waals surface area contributed by atoms with Gasteiger partial charge in [0, 0.05) is 44.4 Å². The van der Waals surface area contributed by atoms with Crippen LogP contribution in [-0.2, 0) is 0 Å². The summed E-state index contributed by atoms with van der Waals surface area (Å²) in [4.78, 5) is 26.1. The van der Waals surface area contributed by atoms with Crippen LogP contribution in [0.15, 0.2) is 205 Å². The number of para-hydroxylation sites is 4. The van der Waals surface area contributed by atoms with E-state index >= 15 is 0 Å². The van der Waals surface area contributed by atoms with Crippen molar-refractivity contribution in [2.24, 2.45) is 0 Å². The lowest BCUT2D eigenvalue weighted by atomic mass is 10.1. The third kappa shape index (κ3) is 5.88. The molecular weight excluding hydrogens is 751 g/mol. The van der Waals surface area contributed by atoms with E-state index in [0.717, 1.165) is 94.8 Å². The molecule has 0 atom stereocenters. The summed E-state index contributed by atoms with van der Waals surface area (Å²) >= 11 is 0. The number of hydrogen-bond donors (Lipinski definition) is 0. The molecule has 0 aliphatic carbocycles. The third-order valence-corrected chi connectivity index (χ3v) is 11.2. The second-order valence-corrected chi connectivity index (χ2v) is 14.9. The highest BCUT2D eigenvalue weighted by atomic mass is 16.3. The predicted octanol–water partition coefficient (Wildman–Crippen LogP) is 12.8. The zero-order valence-corrected chi connectivity index (χ0v) is 32.6.